The third-order valence-electron chi connectivity index (χ3n) is 4.06. The second-order valence-corrected chi connectivity index (χ2v) is 9.13. The van der Waals surface area contributed by atoms with Crippen LogP contribution in [0.5, 0.6) is 0 Å². The predicted molar refractivity (Wildman–Crippen MR) is 97.3 cm³/mol. The van der Waals surface area contributed by atoms with E-state index in [0.29, 0.717) is 19.4 Å². The number of hydrogen-bond donors (Lipinski definition) is 2. The number of anilines is 1. The molecule has 1 aromatic carbocycles. The summed E-state index contributed by atoms with van der Waals surface area (Å²) >= 11 is 0. The number of benzene rings is 1. The Labute approximate surface area is 152 Å². The Balaban J connectivity index is 2.41. The van der Waals surface area contributed by atoms with Gasteiger partial charge in [-0.2, -0.15) is 0 Å². The molecule has 0 bridgehead atoms. The molecule has 144 valence electrons. The minimum atomic E-state index is -3.89. The molecule has 0 aromatic heterocycles. The predicted octanol–water partition coefficient (Wildman–Crippen LogP) is 1.37. The topological polar surface area (TPSA) is 136 Å². The monoisotopic (exact) mass is 384 g/mol. The van der Waals surface area contributed by atoms with Crippen LogP contribution in [0.1, 0.15) is 33.6 Å². The van der Waals surface area contributed by atoms with E-state index >= 15 is 0 Å². The average molecular weight is 384 g/mol. The summed E-state index contributed by atoms with van der Waals surface area (Å²) in [5.41, 5.74) is 4.62. The summed E-state index contributed by atoms with van der Waals surface area (Å²) in [4.78, 5) is 23.9. The first-order valence-electron chi connectivity index (χ1n) is 8.27. The van der Waals surface area contributed by atoms with E-state index in [4.69, 9.17) is 5.73 Å². The minimum Gasteiger partial charge on any atom is -0.369 e. The Kier molecular flexibility index (Phi) is 5.57. The quantitative estimate of drug-likeness (QED) is 0.581. The number of carbonyl (C=O) groups excluding carboxylic acids is 1. The smallest absolute Gasteiger partial charge is 0.293 e. The van der Waals surface area contributed by atoms with Crippen LogP contribution in [-0.2, 0) is 14.8 Å². The van der Waals surface area contributed by atoms with Gasteiger partial charge in [0.25, 0.3) is 5.69 Å². The van der Waals surface area contributed by atoms with Crippen LogP contribution >= 0.6 is 0 Å². The molecule has 0 aliphatic carbocycles. The summed E-state index contributed by atoms with van der Waals surface area (Å²) in [6.45, 7) is 5.88. The van der Waals surface area contributed by atoms with E-state index in [0.717, 1.165) is 6.07 Å². The van der Waals surface area contributed by atoms with Crippen LogP contribution in [0.2, 0.25) is 0 Å². The van der Waals surface area contributed by atoms with Crippen molar-refractivity contribution in [3.8, 4) is 0 Å². The van der Waals surface area contributed by atoms with Crippen molar-refractivity contribution in [3.05, 3.63) is 28.3 Å². The van der Waals surface area contributed by atoms with Gasteiger partial charge in [-0.3, -0.25) is 14.9 Å². The molecule has 1 aliphatic heterocycles. The van der Waals surface area contributed by atoms with Crippen LogP contribution in [0.4, 0.5) is 11.4 Å². The van der Waals surface area contributed by atoms with Gasteiger partial charge in [0.15, 0.2) is 0 Å². The third kappa shape index (κ3) is 4.70. The van der Waals surface area contributed by atoms with Gasteiger partial charge in [0.1, 0.15) is 5.69 Å². The van der Waals surface area contributed by atoms with Crippen molar-refractivity contribution >= 4 is 27.3 Å². The highest BCUT2D eigenvalue weighted by Gasteiger charge is 2.30. The van der Waals surface area contributed by atoms with Crippen LogP contribution in [0.25, 0.3) is 0 Å². The van der Waals surface area contributed by atoms with E-state index in [1.54, 1.807) is 25.7 Å². The van der Waals surface area contributed by atoms with E-state index in [2.05, 4.69) is 4.72 Å². The van der Waals surface area contributed by atoms with Crippen LogP contribution in [-0.4, -0.2) is 37.9 Å². The fourth-order valence-electron chi connectivity index (χ4n) is 2.97. The fourth-order valence-corrected chi connectivity index (χ4v) is 4.41. The van der Waals surface area contributed by atoms with Crippen LogP contribution in [0.3, 0.4) is 0 Å². The molecule has 10 heteroatoms. The molecule has 0 radical (unpaired) electrons. The molecule has 1 heterocycles. The van der Waals surface area contributed by atoms with Gasteiger partial charge in [-0.15, -0.1) is 0 Å². The first-order valence-corrected chi connectivity index (χ1v) is 9.76. The zero-order valence-electron chi connectivity index (χ0n) is 15.1. The second-order valence-electron chi connectivity index (χ2n) is 7.45. The molecule has 1 atom stereocenters. The number of nitro benzene ring substituents is 1. The van der Waals surface area contributed by atoms with Crippen molar-refractivity contribution in [1.82, 2.24) is 4.72 Å². The highest BCUT2D eigenvalue weighted by molar-refractivity contribution is 7.89. The SMILES string of the molecule is CC(C)(C)NS(=O)(=O)c1ccc(N2CCC[C@@H](C(N)=O)C2)c([N+](=O)[O-])c1. The Morgan fingerprint density at radius 3 is 2.58 bits per heavy atom. The average Bonchev–Trinajstić information content (AvgIpc) is 2.52. The summed E-state index contributed by atoms with van der Waals surface area (Å²) in [6, 6.07) is 3.81. The van der Waals surface area contributed by atoms with E-state index in [9.17, 15) is 23.3 Å². The van der Waals surface area contributed by atoms with E-state index in [1.807, 2.05) is 0 Å². The van der Waals surface area contributed by atoms with E-state index in [-0.39, 0.29) is 28.7 Å². The largest absolute Gasteiger partial charge is 0.369 e. The highest BCUT2D eigenvalue weighted by atomic mass is 32.2. The highest BCUT2D eigenvalue weighted by Crippen LogP contribution is 2.33. The van der Waals surface area contributed by atoms with Gasteiger partial charge >= 0.3 is 0 Å². The Morgan fingerprint density at radius 1 is 1.38 bits per heavy atom. The molecule has 0 saturated carbocycles. The fraction of sp³-hybridized carbons (Fsp3) is 0.562. The lowest BCUT2D eigenvalue weighted by atomic mass is 9.97. The lowest BCUT2D eigenvalue weighted by Gasteiger charge is -2.32. The molecule has 1 aliphatic rings. The zero-order valence-corrected chi connectivity index (χ0v) is 15.9. The first kappa shape index (κ1) is 20.1. The molecule has 1 saturated heterocycles. The lowest BCUT2D eigenvalue weighted by Crippen LogP contribution is -2.41. The van der Waals surface area contributed by atoms with Crippen LogP contribution < -0.4 is 15.4 Å². The van der Waals surface area contributed by atoms with Crippen molar-refractivity contribution in [2.45, 2.75) is 44.0 Å². The van der Waals surface area contributed by atoms with E-state index in [1.165, 1.54) is 12.1 Å². The Hall–Kier alpha value is -2.20. The molecule has 1 fully saturated rings. The number of nitrogens with two attached hydrogens (primary N) is 1. The van der Waals surface area contributed by atoms with Gasteiger partial charge in [-0.25, -0.2) is 13.1 Å². The molecular formula is C16H24N4O5S. The molecule has 9 nitrogen and oxygen atoms in total. The maximum atomic E-state index is 12.4. The number of sulfonamides is 1. The second kappa shape index (κ2) is 7.20. The maximum Gasteiger partial charge on any atom is 0.293 e. The van der Waals surface area contributed by atoms with Gasteiger partial charge in [0.2, 0.25) is 15.9 Å². The Bertz CT molecular complexity index is 816. The molecule has 1 amide bonds. The number of nitro groups is 1. The van der Waals surface area contributed by atoms with Crippen molar-refractivity contribution < 1.29 is 18.1 Å². The standard InChI is InChI=1S/C16H24N4O5S/c1-16(2,3)18-26(24,25)12-6-7-13(14(9-12)20(22)23)19-8-4-5-11(10-19)15(17)21/h6-7,9,11,18H,4-5,8,10H2,1-3H3,(H2,17,21)/t11-/m1/s1. The zero-order chi connectivity index (χ0) is 19.7. The van der Waals surface area contributed by atoms with Gasteiger partial charge in [-0.05, 0) is 45.7 Å². The van der Waals surface area contributed by atoms with E-state index < -0.39 is 26.4 Å². The summed E-state index contributed by atoms with van der Waals surface area (Å²) in [5.74, 6) is -0.819. The maximum absolute atomic E-state index is 12.4. The van der Waals surface area contributed by atoms with Crippen molar-refractivity contribution in [1.29, 1.82) is 0 Å². The number of amides is 1. The molecule has 1 aromatic rings. The summed E-state index contributed by atoms with van der Waals surface area (Å²) in [6.07, 6.45) is 1.32. The number of hydrogen-bond acceptors (Lipinski definition) is 6. The third-order valence-corrected chi connectivity index (χ3v) is 5.81. The molecule has 26 heavy (non-hydrogen) atoms. The van der Waals surface area contributed by atoms with Gasteiger partial charge in [-0.1, -0.05) is 0 Å². The number of rotatable bonds is 5. The first-order chi connectivity index (χ1) is 11.9. The van der Waals surface area contributed by atoms with Crippen LogP contribution in [0, 0.1) is 16.0 Å². The number of nitrogens with one attached hydrogen (secondary N) is 1. The molecule has 0 spiro atoms. The molecule has 0 unspecified atom stereocenters. The van der Waals surface area contributed by atoms with Gasteiger partial charge in [0, 0.05) is 24.7 Å². The number of nitrogens with zero attached hydrogens (tertiary/aromatic N) is 2. The van der Waals surface area contributed by atoms with Crippen molar-refractivity contribution in [2.75, 3.05) is 18.0 Å². The van der Waals surface area contributed by atoms with Gasteiger partial charge < -0.3 is 10.6 Å². The molecular weight excluding hydrogens is 360 g/mol. The van der Waals surface area contributed by atoms with Crippen LogP contribution in [0.15, 0.2) is 23.1 Å². The summed E-state index contributed by atoms with van der Waals surface area (Å²) < 4.78 is 27.4. The Morgan fingerprint density at radius 2 is 2.04 bits per heavy atom. The molecule has 2 rings (SSSR count). The lowest BCUT2D eigenvalue weighted by molar-refractivity contribution is -0.384. The summed E-state index contributed by atoms with van der Waals surface area (Å²) in [7, 11) is -3.89. The number of carbonyl (C=O) groups is 1. The minimum absolute atomic E-state index is 0.175. The summed E-state index contributed by atoms with van der Waals surface area (Å²) in [5, 5.41) is 11.5. The number of piperidine rings is 1. The van der Waals surface area contributed by atoms with Gasteiger partial charge in [0.05, 0.1) is 15.7 Å². The number of primary amides is 1. The normalized spacial score (nSPS) is 18.6. The van der Waals surface area contributed by atoms with Crippen molar-refractivity contribution in [3.63, 3.8) is 0 Å². The molecule has 3 N–H and O–H groups in total. The van der Waals surface area contributed by atoms with Crippen molar-refractivity contribution in [2.24, 2.45) is 11.7 Å².